The van der Waals surface area contributed by atoms with Gasteiger partial charge in [0.15, 0.2) is 0 Å². The van der Waals surface area contributed by atoms with E-state index in [2.05, 4.69) is 61.1 Å². The number of nitrogens with zero attached hydrogens (tertiary/aromatic N) is 4. The van der Waals surface area contributed by atoms with Crippen LogP contribution in [0.5, 0.6) is 0 Å². The highest BCUT2D eigenvalue weighted by Gasteiger charge is 2.14. The van der Waals surface area contributed by atoms with Crippen LogP contribution in [0.25, 0.3) is 22.3 Å². The second-order valence-electron chi connectivity index (χ2n) is 8.21. The Balaban J connectivity index is 1.36. The van der Waals surface area contributed by atoms with Gasteiger partial charge in [0.05, 0.1) is 18.6 Å². The Morgan fingerprint density at radius 2 is 1.84 bits per heavy atom. The number of rotatable bonds is 6. The molecular weight excluding hydrogens is 422 g/mol. The van der Waals surface area contributed by atoms with Crippen molar-refractivity contribution < 1.29 is 4.74 Å². The van der Waals surface area contributed by atoms with Crippen molar-refractivity contribution in [3.8, 4) is 11.3 Å². The first-order valence-corrected chi connectivity index (χ1v) is 11.2. The van der Waals surface area contributed by atoms with E-state index in [1.54, 1.807) is 6.33 Å². The molecule has 0 unspecified atom stereocenters. The van der Waals surface area contributed by atoms with Gasteiger partial charge in [-0.3, -0.25) is 4.90 Å². The van der Waals surface area contributed by atoms with Gasteiger partial charge in [0, 0.05) is 43.9 Å². The van der Waals surface area contributed by atoms with Gasteiger partial charge in [0.1, 0.15) is 17.8 Å². The number of hydrogen-bond acceptors (Lipinski definition) is 5. The minimum atomic E-state index is 0.712. The first-order chi connectivity index (χ1) is 15.7. The molecule has 164 valence electrons. The van der Waals surface area contributed by atoms with E-state index in [1.807, 2.05) is 25.2 Å². The van der Waals surface area contributed by atoms with Gasteiger partial charge in [-0.25, -0.2) is 9.97 Å². The number of nitrogens with one attached hydrogen (secondary N) is 1. The Kier molecular flexibility index (Phi) is 6.08. The van der Waals surface area contributed by atoms with Crippen LogP contribution in [0, 0.1) is 0 Å². The van der Waals surface area contributed by atoms with E-state index in [1.165, 1.54) is 5.56 Å². The molecule has 0 bridgehead atoms. The molecule has 32 heavy (non-hydrogen) atoms. The van der Waals surface area contributed by atoms with Crippen molar-refractivity contribution in [1.29, 1.82) is 0 Å². The average Bonchev–Trinajstić information content (AvgIpc) is 3.25. The van der Waals surface area contributed by atoms with E-state index < -0.39 is 0 Å². The summed E-state index contributed by atoms with van der Waals surface area (Å²) in [6.45, 7) is 5.30. The van der Waals surface area contributed by atoms with Gasteiger partial charge in [-0.1, -0.05) is 48.0 Å². The molecule has 1 fully saturated rings. The Morgan fingerprint density at radius 1 is 1.03 bits per heavy atom. The topological polar surface area (TPSA) is 57.3 Å². The molecule has 3 heterocycles. The Morgan fingerprint density at radius 3 is 2.62 bits per heavy atom. The van der Waals surface area contributed by atoms with E-state index in [9.17, 15) is 0 Å². The van der Waals surface area contributed by atoms with E-state index >= 15 is 0 Å². The molecule has 1 aliphatic heterocycles. The zero-order chi connectivity index (χ0) is 21.9. The number of halogens is 1. The summed E-state index contributed by atoms with van der Waals surface area (Å²) in [5.74, 6) is 0.890. The van der Waals surface area contributed by atoms with Crippen LogP contribution in [0.1, 0.15) is 11.1 Å². The maximum atomic E-state index is 6.15. The smallest absolute Gasteiger partial charge is 0.143 e. The van der Waals surface area contributed by atoms with Crippen molar-refractivity contribution in [2.24, 2.45) is 0 Å². The van der Waals surface area contributed by atoms with Gasteiger partial charge in [0.2, 0.25) is 0 Å². The van der Waals surface area contributed by atoms with Crippen molar-refractivity contribution in [3.63, 3.8) is 0 Å². The van der Waals surface area contributed by atoms with Crippen LogP contribution in [0.15, 0.2) is 60.9 Å². The largest absolute Gasteiger partial charge is 0.379 e. The maximum absolute atomic E-state index is 6.15. The Hall–Kier alpha value is -2.93. The number of ether oxygens (including phenoxy) is 1. The third kappa shape index (κ3) is 4.63. The summed E-state index contributed by atoms with van der Waals surface area (Å²) in [6.07, 6.45) is 1.61. The Bertz CT molecular complexity index is 1200. The minimum absolute atomic E-state index is 0.712. The fourth-order valence-corrected chi connectivity index (χ4v) is 4.39. The molecule has 0 aliphatic carbocycles. The lowest BCUT2D eigenvalue weighted by molar-refractivity contribution is 0.0342. The normalized spacial score (nSPS) is 14.7. The average molecular weight is 448 g/mol. The van der Waals surface area contributed by atoms with Crippen LogP contribution in [0.2, 0.25) is 5.02 Å². The van der Waals surface area contributed by atoms with Crippen LogP contribution in [-0.2, 0) is 17.8 Å². The highest BCUT2D eigenvalue weighted by molar-refractivity contribution is 6.30. The fraction of sp³-hybridized carbons (Fsp3) is 0.280. The molecule has 0 saturated carbocycles. The molecule has 2 aromatic heterocycles. The quantitative estimate of drug-likeness (QED) is 0.462. The monoisotopic (exact) mass is 447 g/mol. The minimum Gasteiger partial charge on any atom is -0.379 e. The van der Waals surface area contributed by atoms with E-state index in [4.69, 9.17) is 16.3 Å². The molecule has 0 amide bonds. The second-order valence-corrected chi connectivity index (χ2v) is 8.65. The predicted molar refractivity (Wildman–Crippen MR) is 129 cm³/mol. The summed E-state index contributed by atoms with van der Waals surface area (Å²) >= 11 is 6.15. The zero-order valence-electron chi connectivity index (χ0n) is 18.1. The SMILES string of the molecule is CN(Cc1cccc(Cl)c1)c1ncnc2[nH]c(-c3ccc(CN4CCOCC4)cc3)cc12. The summed E-state index contributed by atoms with van der Waals surface area (Å²) in [5, 5.41) is 1.74. The molecule has 0 radical (unpaired) electrons. The van der Waals surface area contributed by atoms with Crippen LogP contribution in [0.3, 0.4) is 0 Å². The maximum Gasteiger partial charge on any atom is 0.143 e. The van der Waals surface area contributed by atoms with Crippen molar-refractivity contribution in [1.82, 2.24) is 19.9 Å². The Labute approximate surface area is 192 Å². The molecule has 5 rings (SSSR count). The third-order valence-electron chi connectivity index (χ3n) is 5.85. The number of aromatic nitrogens is 3. The van der Waals surface area contributed by atoms with E-state index in [0.29, 0.717) is 6.54 Å². The van der Waals surface area contributed by atoms with Crippen molar-refractivity contribution in [2.75, 3.05) is 38.3 Å². The van der Waals surface area contributed by atoms with E-state index in [-0.39, 0.29) is 0 Å². The number of benzene rings is 2. The van der Waals surface area contributed by atoms with Gasteiger partial charge in [-0.15, -0.1) is 0 Å². The molecule has 2 aromatic carbocycles. The molecule has 4 aromatic rings. The summed E-state index contributed by atoms with van der Waals surface area (Å²) in [6, 6.07) is 18.8. The molecule has 6 nitrogen and oxygen atoms in total. The van der Waals surface area contributed by atoms with Crippen LogP contribution in [-0.4, -0.2) is 53.2 Å². The number of aromatic amines is 1. The number of morpholine rings is 1. The first-order valence-electron chi connectivity index (χ1n) is 10.8. The van der Waals surface area contributed by atoms with Gasteiger partial charge in [-0.2, -0.15) is 0 Å². The molecule has 0 spiro atoms. The van der Waals surface area contributed by atoms with Gasteiger partial charge in [-0.05, 0) is 34.9 Å². The number of anilines is 1. The highest BCUT2D eigenvalue weighted by Crippen LogP contribution is 2.29. The summed E-state index contributed by atoms with van der Waals surface area (Å²) < 4.78 is 5.44. The molecular formula is C25H26ClN5O. The van der Waals surface area contributed by atoms with Crippen LogP contribution >= 0.6 is 11.6 Å². The summed E-state index contributed by atoms with van der Waals surface area (Å²) in [7, 11) is 2.04. The van der Waals surface area contributed by atoms with Crippen molar-refractivity contribution in [2.45, 2.75) is 13.1 Å². The highest BCUT2D eigenvalue weighted by atomic mass is 35.5. The lowest BCUT2D eigenvalue weighted by atomic mass is 10.1. The molecule has 1 saturated heterocycles. The number of hydrogen-bond donors (Lipinski definition) is 1. The number of H-pyrrole nitrogens is 1. The fourth-order valence-electron chi connectivity index (χ4n) is 4.18. The van der Waals surface area contributed by atoms with E-state index in [0.717, 1.165) is 71.5 Å². The number of fused-ring (bicyclic) bond motifs is 1. The summed E-state index contributed by atoms with van der Waals surface area (Å²) in [5.41, 5.74) is 5.46. The van der Waals surface area contributed by atoms with Gasteiger partial charge < -0.3 is 14.6 Å². The predicted octanol–water partition coefficient (Wildman–Crippen LogP) is 4.75. The zero-order valence-corrected chi connectivity index (χ0v) is 18.8. The first kappa shape index (κ1) is 20.9. The molecule has 0 atom stereocenters. The molecule has 1 N–H and O–H groups in total. The van der Waals surface area contributed by atoms with Gasteiger partial charge in [0.25, 0.3) is 0 Å². The van der Waals surface area contributed by atoms with Crippen LogP contribution in [0.4, 0.5) is 5.82 Å². The molecule has 1 aliphatic rings. The van der Waals surface area contributed by atoms with Crippen molar-refractivity contribution >= 4 is 28.5 Å². The summed E-state index contributed by atoms with van der Waals surface area (Å²) in [4.78, 5) is 17.0. The lowest BCUT2D eigenvalue weighted by Crippen LogP contribution is -2.35. The van der Waals surface area contributed by atoms with Crippen molar-refractivity contribution in [3.05, 3.63) is 77.1 Å². The lowest BCUT2D eigenvalue weighted by Gasteiger charge is -2.26. The van der Waals surface area contributed by atoms with Crippen LogP contribution < -0.4 is 4.90 Å². The third-order valence-corrected chi connectivity index (χ3v) is 6.08. The second kappa shape index (κ2) is 9.28. The molecule has 7 heteroatoms. The van der Waals surface area contributed by atoms with Gasteiger partial charge >= 0.3 is 0 Å². The standard InChI is InChI=1S/C25H26ClN5O/c1-30(15-19-3-2-4-21(26)13-19)25-22-14-23(29-24(22)27-17-28-25)20-7-5-18(6-8-20)16-31-9-11-32-12-10-31/h2-8,13-14,17H,9-12,15-16H2,1H3,(H,27,28,29).